The second-order valence-electron chi connectivity index (χ2n) is 5.34. The molecule has 128 valence electrons. The van der Waals surface area contributed by atoms with Gasteiger partial charge in [-0.15, -0.1) is 5.10 Å². The molecule has 0 amide bonds. The first-order valence-corrected chi connectivity index (χ1v) is 7.88. The van der Waals surface area contributed by atoms with Gasteiger partial charge in [-0.05, 0) is 72.3 Å². The van der Waals surface area contributed by atoms with E-state index in [9.17, 15) is 4.79 Å². The summed E-state index contributed by atoms with van der Waals surface area (Å²) in [5.41, 5.74) is 1.63. The number of nitrogens with zero attached hydrogens (tertiary/aromatic N) is 4. The van der Waals surface area contributed by atoms with Crippen molar-refractivity contribution in [2.75, 3.05) is 0 Å². The third-order valence-corrected chi connectivity index (χ3v) is 3.87. The topological polar surface area (TPSA) is 79.1 Å². The molecule has 0 spiro atoms. The number of hydrogen-bond donors (Lipinski definition) is 0. The third-order valence-electron chi connectivity index (χ3n) is 3.44. The van der Waals surface area contributed by atoms with Gasteiger partial charge in [-0.1, -0.05) is 11.6 Å². The molecular weight excluding hydrogens is 344 g/mol. The molecule has 0 radical (unpaired) electrons. The largest absolute Gasteiger partial charge is 0.479 e. The number of benzene rings is 2. The van der Waals surface area contributed by atoms with E-state index in [1.807, 2.05) is 6.92 Å². The summed E-state index contributed by atoms with van der Waals surface area (Å²) in [5, 5.41) is 11.6. The number of aryl methyl sites for hydroxylation is 1. The number of rotatable bonds is 5. The molecule has 0 bridgehead atoms. The van der Waals surface area contributed by atoms with Crippen molar-refractivity contribution in [2.24, 2.45) is 0 Å². The second-order valence-corrected chi connectivity index (χ2v) is 5.75. The number of halogens is 1. The molecule has 0 aliphatic carbocycles. The first-order chi connectivity index (χ1) is 12.0. The molecule has 0 aliphatic heterocycles. The first-order valence-electron chi connectivity index (χ1n) is 7.51. The fourth-order valence-electron chi connectivity index (χ4n) is 2.09. The Hall–Kier alpha value is -2.93. The summed E-state index contributed by atoms with van der Waals surface area (Å²) in [5.74, 6) is 0.465. The van der Waals surface area contributed by atoms with E-state index in [1.165, 1.54) is 11.0 Å². The van der Waals surface area contributed by atoms with E-state index in [-0.39, 0.29) is 0 Å². The van der Waals surface area contributed by atoms with Crippen LogP contribution in [0.2, 0.25) is 5.02 Å². The molecule has 0 N–H and O–H groups in total. The lowest BCUT2D eigenvalue weighted by molar-refractivity contribution is -0.141. The summed E-state index contributed by atoms with van der Waals surface area (Å²) in [4.78, 5) is 12.2. The number of aromatic nitrogens is 4. The van der Waals surface area contributed by atoms with Gasteiger partial charge in [0, 0.05) is 5.02 Å². The molecule has 25 heavy (non-hydrogen) atoms. The zero-order chi connectivity index (χ0) is 17.8. The highest BCUT2D eigenvalue weighted by Crippen LogP contribution is 2.22. The standard InChI is InChI=1S/C17H15ClN4O3/c1-11-9-15(7-8-16(11)18)24-12(2)17(23)25-14-5-3-13(4-6-14)22-10-19-20-21-22/h3-10,12H,1-2H3. The van der Waals surface area contributed by atoms with Crippen LogP contribution in [-0.4, -0.2) is 32.3 Å². The molecular formula is C17H15ClN4O3. The molecule has 2 aromatic carbocycles. The Morgan fingerprint density at radius 3 is 2.52 bits per heavy atom. The molecule has 0 aliphatic rings. The smallest absolute Gasteiger partial charge is 0.352 e. The molecule has 0 saturated heterocycles. The highest BCUT2D eigenvalue weighted by Gasteiger charge is 2.17. The summed E-state index contributed by atoms with van der Waals surface area (Å²) in [6, 6.07) is 12.0. The van der Waals surface area contributed by atoms with Crippen molar-refractivity contribution >= 4 is 17.6 Å². The summed E-state index contributed by atoms with van der Waals surface area (Å²) < 4.78 is 12.4. The molecule has 3 aromatic rings. The first kappa shape index (κ1) is 16.9. The van der Waals surface area contributed by atoms with Crippen LogP contribution in [0.3, 0.4) is 0 Å². The maximum Gasteiger partial charge on any atom is 0.352 e. The molecule has 1 aromatic heterocycles. The Morgan fingerprint density at radius 2 is 1.88 bits per heavy atom. The van der Waals surface area contributed by atoms with Crippen LogP contribution in [-0.2, 0) is 4.79 Å². The zero-order valence-electron chi connectivity index (χ0n) is 13.6. The monoisotopic (exact) mass is 358 g/mol. The molecule has 0 fully saturated rings. The van der Waals surface area contributed by atoms with Gasteiger partial charge in [-0.2, -0.15) is 0 Å². The van der Waals surface area contributed by atoms with Crippen LogP contribution in [0.25, 0.3) is 5.69 Å². The summed E-state index contributed by atoms with van der Waals surface area (Å²) >= 11 is 5.98. The Kier molecular flexibility index (Phi) is 4.95. The van der Waals surface area contributed by atoms with Crippen molar-refractivity contribution in [1.82, 2.24) is 20.2 Å². The number of carbonyl (C=O) groups excluding carboxylic acids is 1. The van der Waals surface area contributed by atoms with E-state index < -0.39 is 12.1 Å². The van der Waals surface area contributed by atoms with E-state index in [4.69, 9.17) is 21.1 Å². The van der Waals surface area contributed by atoms with Crippen molar-refractivity contribution in [3.63, 3.8) is 0 Å². The van der Waals surface area contributed by atoms with Gasteiger partial charge in [0.2, 0.25) is 0 Å². The number of esters is 1. The van der Waals surface area contributed by atoms with Gasteiger partial charge in [0.15, 0.2) is 6.10 Å². The van der Waals surface area contributed by atoms with Gasteiger partial charge >= 0.3 is 5.97 Å². The van der Waals surface area contributed by atoms with Gasteiger partial charge in [0.25, 0.3) is 0 Å². The van der Waals surface area contributed by atoms with Gasteiger partial charge < -0.3 is 9.47 Å². The van der Waals surface area contributed by atoms with Crippen molar-refractivity contribution in [3.05, 3.63) is 59.4 Å². The molecule has 8 heteroatoms. The van der Waals surface area contributed by atoms with Crippen LogP contribution in [0.1, 0.15) is 12.5 Å². The van der Waals surface area contributed by atoms with Crippen LogP contribution < -0.4 is 9.47 Å². The van der Waals surface area contributed by atoms with E-state index in [0.717, 1.165) is 11.3 Å². The van der Waals surface area contributed by atoms with E-state index >= 15 is 0 Å². The Labute approximate surface area is 149 Å². The lowest BCUT2D eigenvalue weighted by Gasteiger charge is -2.14. The quantitative estimate of drug-likeness (QED) is 0.515. The fourth-order valence-corrected chi connectivity index (χ4v) is 2.21. The van der Waals surface area contributed by atoms with Crippen LogP contribution in [0, 0.1) is 6.92 Å². The minimum atomic E-state index is -0.764. The van der Waals surface area contributed by atoms with Crippen molar-refractivity contribution in [2.45, 2.75) is 20.0 Å². The average Bonchev–Trinajstić information content (AvgIpc) is 3.13. The Bertz CT molecular complexity index is 866. The number of ether oxygens (including phenoxy) is 2. The molecule has 0 saturated carbocycles. The average molecular weight is 359 g/mol. The predicted molar refractivity (Wildman–Crippen MR) is 91.1 cm³/mol. The number of carbonyl (C=O) groups is 1. The van der Waals surface area contributed by atoms with Gasteiger partial charge in [0.05, 0.1) is 5.69 Å². The third kappa shape index (κ3) is 4.13. The maximum absolute atomic E-state index is 12.2. The van der Waals surface area contributed by atoms with Crippen molar-refractivity contribution in [3.8, 4) is 17.2 Å². The van der Waals surface area contributed by atoms with Crippen molar-refractivity contribution in [1.29, 1.82) is 0 Å². The minimum Gasteiger partial charge on any atom is -0.479 e. The highest BCUT2D eigenvalue weighted by atomic mass is 35.5. The Morgan fingerprint density at radius 1 is 1.16 bits per heavy atom. The SMILES string of the molecule is Cc1cc(OC(C)C(=O)Oc2ccc(-n3cnnn3)cc2)ccc1Cl. The van der Waals surface area contributed by atoms with Crippen molar-refractivity contribution < 1.29 is 14.3 Å². The lowest BCUT2D eigenvalue weighted by Crippen LogP contribution is -2.28. The number of hydrogen-bond acceptors (Lipinski definition) is 6. The lowest BCUT2D eigenvalue weighted by atomic mass is 10.2. The highest BCUT2D eigenvalue weighted by molar-refractivity contribution is 6.31. The Balaban J connectivity index is 1.62. The predicted octanol–water partition coefficient (Wildman–Crippen LogP) is 3.00. The van der Waals surface area contributed by atoms with Gasteiger partial charge in [-0.3, -0.25) is 0 Å². The summed E-state index contributed by atoms with van der Waals surface area (Å²) in [7, 11) is 0. The van der Waals surface area contributed by atoms with Crippen LogP contribution in [0.4, 0.5) is 0 Å². The van der Waals surface area contributed by atoms with E-state index in [1.54, 1.807) is 49.4 Å². The molecule has 1 atom stereocenters. The minimum absolute atomic E-state index is 0.407. The van der Waals surface area contributed by atoms with E-state index in [2.05, 4.69) is 15.5 Å². The summed E-state index contributed by atoms with van der Waals surface area (Å²) in [6.07, 6.45) is 0.713. The molecule has 1 unspecified atom stereocenters. The zero-order valence-corrected chi connectivity index (χ0v) is 14.3. The summed E-state index contributed by atoms with van der Waals surface area (Å²) in [6.45, 7) is 3.49. The van der Waals surface area contributed by atoms with Crippen LogP contribution in [0.5, 0.6) is 11.5 Å². The second kappa shape index (κ2) is 7.31. The molecule has 1 heterocycles. The maximum atomic E-state index is 12.2. The molecule has 7 nitrogen and oxygen atoms in total. The van der Waals surface area contributed by atoms with Crippen LogP contribution >= 0.6 is 11.6 Å². The molecule has 3 rings (SSSR count). The van der Waals surface area contributed by atoms with Gasteiger partial charge in [0.1, 0.15) is 17.8 Å². The van der Waals surface area contributed by atoms with Gasteiger partial charge in [-0.25, -0.2) is 9.48 Å². The number of tetrazole rings is 1. The van der Waals surface area contributed by atoms with Crippen LogP contribution in [0.15, 0.2) is 48.8 Å². The fraction of sp³-hybridized carbons (Fsp3) is 0.176. The normalized spacial score (nSPS) is 11.8. The van der Waals surface area contributed by atoms with E-state index in [0.29, 0.717) is 16.5 Å².